The maximum Gasteiger partial charge on any atom is 0.272 e. The molecule has 1 atom stereocenters. The number of carbonyl (C=O) groups excluding carboxylic acids is 1. The van der Waals surface area contributed by atoms with E-state index in [0.717, 1.165) is 6.42 Å². The molecule has 0 saturated carbocycles. The van der Waals surface area contributed by atoms with Crippen LogP contribution in [0.5, 0.6) is 0 Å². The van der Waals surface area contributed by atoms with Crippen LogP contribution < -0.4 is 0 Å². The summed E-state index contributed by atoms with van der Waals surface area (Å²) in [6, 6.07) is 5.27. The molecule has 0 aliphatic carbocycles. The zero-order chi connectivity index (χ0) is 12.3. The van der Waals surface area contributed by atoms with Crippen LogP contribution in [-0.4, -0.2) is 42.1 Å². The average Bonchev–Trinajstić information content (AvgIpc) is 2.91. The Kier molecular flexibility index (Phi) is 3.35. The van der Waals surface area contributed by atoms with Gasteiger partial charge < -0.3 is 9.64 Å². The monoisotopic (exact) mass is 231 g/mol. The number of rotatable bonds is 2. The summed E-state index contributed by atoms with van der Waals surface area (Å²) in [6.45, 7) is 1.28. The van der Waals surface area contributed by atoms with E-state index in [1.165, 1.54) is 6.20 Å². The molecule has 1 fully saturated rings. The summed E-state index contributed by atoms with van der Waals surface area (Å²) in [7, 11) is 1.75. The molecule has 0 N–H and O–H groups in total. The molecule has 0 bridgehead atoms. The van der Waals surface area contributed by atoms with E-state index >= 15 is 0 Å². The Labute approximate surface area is 99.6 Å². The highest BCUT2D eigenvalue weighted by Gasteiger charge is 2.25. The summed E-state index contributed by atoms with van der Waals surface area (Å²) in [4.78, 5) is 17.7. The number of nitriles is 1. The van der Waals surface area contributed by atoms with Gasteiger partial charge >= 0.3 is 0 Å². The van der Waals surface area contributed by atoms with Gasteiger partial charge in [-0.3, -0.25) is 4.79 Å². The quantitative estimate of drug-likeness (QED) is 0.755. The van der Waals surface area contributed by atoms with Gasteiger partial charge in [-0.1, -0.05) is 0 Å². The molecule has 0 radical (unpaired) electrons. The van der Waals surface area contributed by atoms with Crippen LogP contribution >= 0.6 is 0 Å². The number of carbonyl (C=O) groups is 1. The van der Waals surface area contributed by atoms with Gasteiger partial charge in [-0.05, 0) is 18.6 Å². The van der Waals surface area contributed by atoms with E-state index in [-0.39, 0.29) is 11.9 Å². The first-order valence-electron chi connectivity index (χ1n) is 5.43. The Morgan fingerprint density at radius 3 is 3.00 bits per heavy atom. The number of nitrogens with zero attached hydrogens (tertiary/aromatic N) is 3. The molecule has 1 amide bonds. The van der Waals surface area contributed by atoms with E-state index in [9.17, 15) is 4.79 Å². The predicted octanol–water partition coefficient (Wildman–Crippen LogP) is 0.814. The van der Waals surface area contributed by atoms with Crippen LogP contribution in [0.4, 0.5) is 0 Å². The minimum absolute atomic E-state index is 0.125. The van der Waals surface area contributed by atoms with Crippen molar-refractivity contribution in [2.75, 3.05) is 20.3 Å². The molecule has 88 valence electrons. The van der Waals surface area contributed by atoms with Gasteiger partial charge in [-0.2, -0.15) is 5.26 Å². The van der Waals surface area contributed by atoms with Crippen LogP contribution in [-0.2, 0) is 4.74 Å². The third-order valence-electron chi connectivity index (χ3n) is 2.89. The van der Waals surface area contributed by atoms with Crippen LogP contribution in [0.25, 0.3) is 0 Å². The topological polar surface area (TPSA) is 66.2 Å². The van der Waals surface area contributed by atoms with E-state index in [2.05, 4.69) is 4.98 Å². The molecule has 1 unspecified atom stereocenters. The van der Waals surface area contributed by atoms with Crippen molar-refractivity contribution < 1.29 is 9.53 Å². The third-order valence-corrected chi connectivity index (χ3v) is 2.89. The van der Waals surface area contributed by atoms with Crippen molar-refractivity contribution in [3.63, 3.8) is 0 Å². The molecule has 5 heteroatoms. The molecular formula is C12H13N3O2. The number of hydrogen-bond donors (Lipinski definition) is 0. The number of pyridine rings is 1. The Balaban J connectivity index is 2.10. The van der Waals surface area contributed by atoms with Crippen molar-refractivity contribution in [1.29, 1.82) is 5.26 Å². The van der Waals surface area contributed by atoms with Gasteiger partial charge in [0.25, 0.3) is 5.91 Å². The van der Waals surface area contributed by atoms with Crippen LogP contribution in [0.15, 0.2) is 18.3 Å². The normalized spacial score (nSPS) is 18.7. The van der Waals surface area contributed by atoms with Gasteiger partial charge in [0.05, 0.1) is 18.2 Å². The van der Waals surface area contributed by atoms with Gasteiger partial charge in [-0.15, -0.1) is 0 Å². The Morgan fingerprint density at radius 1 is 1.65 bits per heavy atom. The number of likely N-dealkylation sites (N-methyl/N-ethyl adjacent to an activating group) is 1. The lowest BCUT2D eigenvalue weighted by atomic mass is 10.2. The van der Waals surface area contributed by atoms with Gasteiger partial charge in [0.2, 0.25) is 0 Å². The highest BCUT2D eigenvalue weighted by Crippen LogP contribution is 2.13. The van der Waals surface area contributed by atoms with Gasteiger partial charge in [0.15, 0.2) is 0 Å². The van der Waals surface area contributed by atoms with Crippen LogP contribution in [0.2, 0.25) is 0 Å². The Hall–Kier alpha value is -1.93. The SMILES string of the molecule is CN(C(=O)c1ccc(C#N)cn1)C1CCOC1. The number of hydrogen-bond acceptors (Lipinski definition) is 4. The van der Waals surface area contributed by atoms with Crippen molar-refractivity contribution in [3.05, 3.63) is 29.6 Å². The number of amides is 1. The van der Waals surface area contributed by atoms with E-state index in [1.807, 2.05) is 6.07 Å². The summed E-state index contributed by atoms with van der Waals surface area (Å²) < 4.78 is 5.24. The molecule has 5 nitrogen and oxygen atoms in total. The molecule has 0 aromatic carbocycles. The minimum Gasteiger partial charge on any atom is -0.379 e. The molecule has 2 rings (SSSR count). The lowest BCUT2D eigenvalue weighted by Crippen LogP contribution is -2.37. The third kappa shape index (κ3) is 2.43. The summed E-state index contributed by atoms with van der Waals surface area (Å²) >= 11 is 0. The van der Waals surface area contributed by atoms with Crippen molar-refractivity contribution in [2.24, 2.45) is 0 Å². The highest BCUT2D eigenvalue weighted by molar-refractivity contribution is 5.92. The fraction of sp³-hybridized carbons (Fsp3) is 0.417. The summed E-state index contributed by atoms with van der Waals surface area (Å²) in [5.74, 6) is -0.134. The first-order valence-corrected chi connectivity index (χ1v) is 5.43. The fourth-order valence-corrected chi connectivity index (χ4v) is 1.76. The molecular weight excluding hydrogens is 218 g/mol. The van der Waals surface area contributed by atoms with Crippen LogP contribution in [0, 0.1) is 11.3 Å². The van der Waals surface area contributed by atoms with E-state index in [0.29, 0.717) is 24.5 Å². The second-order valence-electron chi connectivity index (χ2n) is 3.98. The molecule has 0 spiro atoms. The Bertz CT molecular complexity index is 444. The van der Waals surface area contributed by atoms with Crippen molar-refractivity contribution in [2.45, 2.75) is 12.5 Å². The van der Waals surface area contributed by atoms with Gasteiger partial charge in [-0.25, -0.2) is 4.98 Å². The lowest BCUT2D eigenvalue weighted by molar-refractivity contribution is 0.0705. The largest absolute Gasteiger partial charge is 0.379 e. The van der Waals surface area contributed by atoms with Crippen molar-refractivity contribution in [3.8, 4) is 6.07 Å². The predicted molar refractivity (Wildman–Crippen MR) is 60.3 cm³/mol. The zero-order valence-electron chi connectivity index (χ0n) is 9.59. The minimum atomic E-state index is -0.134. The van der Waals surface area contributed by atoms with Crippen LogP contribution in [0.3, 0.4) is 0 Å². The summed E-state index contributed by atoms with van der Waals surface area (Å²) in [6.07, 6.45) is 2.27. The Morgan fingerprint density at radius 2 is 2.47 bits per heavy atom. The van der Waals surface area contributed by atoms with Crippen molar-refractivity contribution >= 4 is 5.91 Å². The molecule has 2 heterocycles. The van der Waals surface area contributed by atoms with Gasteiger partial charge in [0, 0.05) is 19.9 Å². The summed E-state index contributed by atoms with van der Waals surface area (Å²) in [5, 5.41) is 8.65. The smallest absolute Gasteiger partial charge is 0.272 e. The first kappa shape index (κ1) is 11.6. The van der Waals surface area contributed by atoms with Gasteiger partial charge in [0.1, 0.15) is 11.8 Å². The maximum absolute atomic E-state index is 12.1. The fourth-order valence-electron chi connectivity index (χ4n) is 1.76. The number of aromatic nitrogens is 1. The standard InChI is InChI=1S/C12H13N3O2/c1-15(10-4-5-17-8-10)12(16)11-3-2-9(6-13)7-14-11/h2-3,7,10H,4-5,8H2,1H3. The van der Waals surface area contributed by atoms with E-state index in [1.54, 1.807) is 24.1 Å². The highest BCUT2D eigenvalue weighted by atomic mass is 16.5. The molecule has 17 heavy (non-hydrogen) atoms. The number of ether oxygens (including phenoxy) is 1. The molecule has 1 aliphatic rings. The van der Waals surface area contributed by atoms with Crippen LogP contribution in [0.1, 0.15) is 22.5 Å². The second-order valence-corrected chi connectivity index (χ2v) is 3.98. The van der Waals surface area contributed by atoms with E-state index < -0.39 is 0 Å². The molecule has 1 aromatic heterocycles. The molecule has 1 saturated heterocycles. The molecule has 1 aromatic rings. The first-order chi connectivity index (χ1) is 8.22. The summed E-state index contributed by atoms with van der Waals surface area (Å²) in [5.41, 5.74) is 0.812. The van der Waals surface area contributed by atoms with Crippen molar-refractivity contribution in [1.82, 2.24) is 9.88 Å². The second kappa shape index (κ2) is 4.93. The van der Waals surface area contributed by atoms with E-state index in [4.69, 9.17) is 10.00 Å². The lowest BCUT2D eigenvalue weighted by Gasteiger charge is -2.22. The average molecular weight is 231 g/mol. The zero-order valence-corrected chi connectivity index (χ0v) is 9.59. The molecule has 1 aliphatic heterocycles. The maximum atomic E-state index is 12.1.